The Kier molecular flexibility index (Phi) is 25.2. The van der Waals surface area contributed by atoms with E-state index < -0.39 is 89.7 Å². The summed E-state index contributed by atoms with van der Waals surface area (Å²) in [5.74, 6) is -4.29. The normalized spacial score (nSPS) is 15.6. The van der Waals surface area contributed by atoms with Gasteiger partial charge in [-0.05, 0) is 88.5 Å². The summed E-state index contributed by atoms with van der Waals surface area (Å²) in [7, 11) is 6.15. The number of hydrogen-bond acceptors (Lipinski definition) is 9. The highest BCUT2D eigenvalue weighted by Gasteiger charge is 2.38. The Labute approximate surface area is 372 Å². The van der Waals surface area contributed by atoms with Crippen LogP contribution in [0, 0.1) is 35.5 Å². The molecule has 8 amide bonds. The molecule has 0 aromatic carbocycles. The molecule has 0 saturated heterocycles. The number of hydrogen-bond donors (Lipinski definition) is 6. The van der Waals surface area contributed by atoms with E-state index in [0.29, 0.717) is 12.8 Å². The van der Waals surface area contributed by atoms with Crippen LogP contribution in [0.2, 0.25) is 0 Å². The third kappa shape index (κ3) is 19.0. The Hall–Kier alpha value is -4.28. The van der Waals surface area contributed by atoms with Gasteiger partial charge in [-0.25, -0.2) is 0 Å². The van der Waals surface area contributed by atoms with E-state index in [1.54, 1.807) is 20.9 Å². The largest absolute Gasteiger partial charge is 0.368 e. The van der Waals surface area contributed by atoms with Gasteiger partial charge in [0, 0.05) is 21.1 Å². The lowest BCUT2D eigenvalue weighted by atomic mass is 9.97. The third-order valence-electron chi connectivity index (χ3n) is 10.8. The topological polar surface area (TPSA) is 232 Å². The number of carbonyl (C=O) groups excluding carboxylic acids is 8. The molecule has 0 aliphatic heterocycles. The standard InChI is InChI=1S/C45H85N9O8/c1-24(2)19-32(47-15)40(57)50-33(20-25(3)4)44(61)53(17)35(22-27(7)8)41(58)48-30(13)39(56)49-31(14)43(60)52(16)36(23-28(9)10)42(59)51-34(21-26(5)6)45(62)54(18)37(29(11)12)38(46)55/h24-37,47H,19-23H2,1-18H3,(H2,46,55)(H,48,58)(H,49,56)(H,50,57)(H,51,59)/t30-,31-,32-,33-,34+,35-,36+,37+/m1/s1. The van der Waals surface area contributed by atoms with Crippen molar-refractivity contribution in [2.45, 2.75) is 177 Å². The zero-order valence-electron chi connectivity index (χ0n) is 41.3. The Morgan fingerprint density at radius 2 is 0.758 bits per heavy atom. The summed E-state index contributed by atoms with van der Waals surface area (Å²) in [6.07, 6.45) is 1.72. The van der Waals surface area contributed by atoms with Crippen LogP contribution in [0.15, 0.2) is 0 Å². The maximum Gasteiger partial charge on any atom is 0.245 e. The molecule has 0 saturated carbocycles. The number of likely N-dealkylation sites (N-methyl/N-ethyl adjacent to an activating group) is 4. The van der Waals surface area contributed by atoms with Gasteiger partial charge in [0.05, 0.1) is 6.04 Å². The lowest BCUT2D eigenvalue weighted by Crippen LogP contribution is -2.60. The van der Waals surface area contributed by atoms with Crippen LogP contribution in [-0.2, 0) is 38.4 Å². The average Bonchev–Trinajstić information content (AvgIpc) is 3.14. The molecule has 0 unspecified atom stereocenters. The molecule has 0 radical (unpaired) electrons. The molecule has 0 fully saturated rings. The molecule has 8 atom stereocenters. The Morgan fingerprint density at radius 3 is 1.13 bits per heavy atom. The fraction of sp³-hybridized carbons (Fsp3) is 0.822. The maximum absolute atomic E-state index is 14.0. The number of carbonyl (C=O) groups is 8. The highest BCUT2D eigenvalue weighted by Crippen LogP contribution is 2.19. The zero-order valence-corrected chi connectivity index (χ0v) is 41.3. The number of nitrogens with zero attached hydrogens (tertiary/aromatic N) is 3. The first-order valence-corrected chi connectivity index (χ1v) is 22.5. The highest BCUT2D eigenvalue weighted by atomic mass is 16.2. The number of nitrogens with two attached hydrogens (primary N) is 1. The summed E-state index contributed by atoms with van der Waals surface area (Å²) < 4.78 is 0. The summed E-state index contributed by atoms with van der Waals surface area (Å²) in [5.41, 5.74) is 5.63. The van der Waals surface area contributed by atoms with Gasteiger partial charge in [0.25, 0.3) is 0 Å². The molecule has 17 nitrogen and oxygen atoms in total. The zero-order chi connectivity index (χ0) is 48.5. The fourth-order valence-corrected chi connectivity index (χ4v) is 7.51. The smallest absolute Gasteiger partial charge is 0.245 e. The highest BCUT2D eigenvalue weighted by molar-refractivity contribution is 5.97. The van der Waals surface area contributed by atoms with Crippen molar-refractivity contribution in [2.75, 3.05) is 28.2 Å². The number of amides is 8. The van der Waals surface area contributed by atoms with Crippen molar-refractivity contribution < 1.29 is 38.4 Å². The van der Waals surface area contributed by atoms with Crippen LogP contribution in [0.3, 0.4) is 0 Å². The van der Waals surface area contributed by atoms with Gasteiger partial charge in [0.2, 0.25) is 47.3 Å². The Morgan fingerprint density at radius 1 is 0.419 bits per heavy atom. The van der Waals surface area contributed by atoms with Crippen LogP contribution in [-0.4, -0.2) is 138 Å². The van der Waals surface area contributed by atoms with Gasteiger partial charge in [-0.15, -0.1) is 0 Å². The van der Waals surface area contributed by atoms with Crippen LogP contribution in [0.4, 0.5) is 0 Å². The van der Waals surface area contributed by atoms with E-state index in [4.69, 9.17) is 5.73 Å². The molecular formula is C45H85N9O8. The minimum atomic E-state index is -1.12. The van der Waals surface area contributed by atoms with Crippen molar-refractivity contribution in [3.63, 3.8) is 0 Å². The first-order chi connectivity index (χ1) is 28.5. The van der Waals surface area contributed by atoms with Crippen LogP contribution in [0.5, 0.6) is 0 Å². The van der Waals surface area contributed by atoms with Gasteiger partial charge < -0.3 is 47.0 Å². The predicted octanol–water partition coefficient (Wildman–Crippen LogP) is 2.41. The molecule has 0 heterocycles. The van der Waals surface area contributed by atoms with E-state index in [1.165, 1.54) is 49.7 Å². The summed E-state index contributed by atoms with van der Waals surface area (Å²) in [5, 5.41) is 14.1. The summed E-state index contributed by atoms with van der Waals surface area (Å²) in [4.78, 5) is 112. The summed E-state index contributed by atoms with van der Waals surface area (Å²) in [6.45, 7) is 25.8. The van der Waals surface area contributed by atoms with Gasteiger partial charge in [-0.1, -0.05) is 83.1 Å². The quantitative estimate of drug-likeness (QED) is 0.0711. The first kappa shape index (κ1) is 57.7. The minimum absolute atomic E-state index is 0.00813. The van der Waals surface area contributed by atoms with Crippen LogP contribution < -0.4 is 32.3 Å². The summed E-state index contributed by atoms with van der Waals surface area (Å²) >= 11 is 0. The third-order valence-corrected chi connectivity index (χ3v) is 10.8. The van der Waals surface area contributed by atoms with E-state index >= 15 is 0 Å². The van der Waals surface area contributed by atoms with Crippen LogP contribution >= 0.6 is 0 Å². The van der Waals surface area contributed by atoms with Crippen molar-refractivity contribution >= 4 is 47.3 Å². The summed E-state index contributed by atoms with van der Waals surface area (Å²) in [6, 6.07) is -7.50. The molecule has 358 valence electrons. The molecular weight excluding hydrogens is 795 g/mol. The predicted molar refractivity (Wildman–Crippen MR) is 243 cm³/mol. The van der Waals surface area contributed by atoms with E-state index in [9.17, 15) is 38.4 Å². The molecule has 0 bridgehead atoms. The van der Waals surface area contributed by atoms with Gasteiger partial charge in [-0.2, -0.15) is 0 Å². The number of rotatable bonds is 27. The van der Waals surface area contributed by atoms with Crippen molar-refractivity contribution in [1.29, 1.82) is 0 Å². The number of primary amides is 1. The fourth-order valence-electron chi connectivity index (χ4n) is 7.51. The average molecular weight is 880 g/mol. The SMILES string of the molecule is CN[C@H](CC(C)C)C(=O)N[C@H](CC(C)C)C(=O)N(C)[C@H](CC(C)C)C(=O)N[C@H](C)C(=O)N[C@H](C)C(=O)N(C)[C@@H](CC(C)C)C(=O)N[C@@H](CC(C)C)C(=O)N(C)[C@H](C(N)=O)C(C)C. The molecule has 0 aromatic heterocycles. The molecule has 7 N–H and O–H groups in total. The second kappa shape index (κ2) is 27.0. The lowest BCUT2D eigenvalue weighted by Gasteiger charge is -2.35. The molecule has 17 heteroatoms. The lowest BCUT2D eigenvalue weighted by molar-refractivity contribution is -0.145. The van der Waals surface area contributed by atoms with Gasteiger partial charge >= 0.3 is 0 Å². The van der Waals surface area contributed by atoms with E-state index in [2.05, 4.69) is 26.6 Å². The number of nitrogens with one attached hydrogen (secondary N) is 5. The molecule has 62 heavy (non-hydrogen) atoms. The van der Waals surface area contributed by atoms with Crippen LogP contribution in [0.25, 0.3) is 0 Å². The van der Waals surface area contributed by atoms with E-state index in [1.807, 2.05) is 69.2 Å². The van der Waals surface area contributed by atoms with Crippen molar-refractivity contribution in [3.8, 4) is 0 Å². The van der Waals surface area contributed by atoms with Crippen molar-refractivity contribution in [3.05, 3.63) is 0 Å². The molecule has 0 spiro atoms. The van der Waals surface area contributed by atoms with E-state index in [0.717, 1.165) is 0 Å². The first-order valence-electron chi connectivity index (χ1n) is 22.5. The maximum atomic E-state index is 14.0. The van der Waals surface area contributed by atoms with E-state index in [-0.39, 0.29) is 60.7 Å². The van der Waals surface area contributed by atoms with Gasteiger partial charge in [0.15, 0.2) is 0 Å². The monoisotopic (exact) mass is 880 g/mol. The second-order valence-corrected chi connectivity index (χ2v) is 19.5. The Balaban J connectivity index is 6.20. The van der Waals surface area contributed by atoms with Crippen molar-refractivity contribution in [1.82, 2.24) is 41.3 Å². The van der Waals surface area contributed by atoms with Gasteiger partial charge in [0.1, 0.15) is 42.3 Å². The molecule has 0 aromatic rings. The molecule has 0 rings (SSSR count). The van der Waals surface area contributed by atoms with Crippen molar-refractivity contribution in [2.24, 2.45) is 41.2 Å². The Bertz CT molecular complexity index is 1500. The second-order valence-electron chi connectivity index (χ2n) is 19.5. The molecule has 0 aliphatic rings. The minimum Gasteiger partial charge on any atom is -0.368 e. The van der Waals surface area contributed by atoms with Gasteiger partial charge in [-0.3, -0.25) is 38.4 Å². The molecule has 0 aliphatic carbocycles. The van der Waals surface area contributed by atoms with Crippen LogP contribution in [0.1, 0.15) is 129 Å².